The maximum absolute atomic E-state index is 12.6. The Morgan fingerprint density at radius 2 is 1.92 bits per heavy atom. The van der Waals surface area contributed by atoms with Gasteiger partial charge in [0.05, 0.1) is 23.6 Å². The van der Waals surface area contributed by atoms with Gasteiger partial charge in [-0.05, 0) is 42.7 Å². The van der Waals surface area contributed by atoms with Crippen LogP contribution in [0, 0.1) is 0 Å². The van der Waals surface area contributed by atoms with E-state index in [-0.39, 0.29) is 24.0 Å². The second-order valence-corrected chi connectivity index (χ2v) is 11.3. The lowest BCUT2D eigenvalue weighted by atomic mass is 10.0. The molecule has 8 heteroatoms. The van der Waals surface area contributed by atoms with E-state index < -0.39 is 15.4 Å². The lowest BCUT2D eigenvalue weighted by Crippen LogP contribution is -2.50. The van der Waals surface area contributed by atoms with Crippen LogP contribution in [0.5, 0.6) is 0 Å². The molecule has 1 fully saturated rings. The van der Waals surface area contributed by atoms with E-state index in [0.717, 1.165) is 19.5 Å². The Bertz CT molecular complexity index is 816. The van der Waals surface area contributed by atoms with Crippen LogP contribution in [0.4, 0.5) is 0 Å². The average Bonchev–Trinajstić information content (AvgIpc) is 3.27. The fourth-order valence-corrected chi connectivity index (χ4v) is 6.79. The summed E-state index contributed by atoms with van der Waals surface area (Å²) in [7, 11) is -3.03. The minimum absolute atomic E-state index is 0.0336. The third-order valence-electron chi connectivity index (χ3n) is 4.53. The summed E-state index contributed by atoms with van der Waals surface area (Å²) in [6.45, 7) is 3.62. The van der Waals surface area contributed by atoms with Gasteiger partial charge in [0.2, 0.25) is 5.91 Å². The predicted octanol–water partition coefficient (Wildman–Crippen LogP) is 2.55. The molecular formula is C18H24N2O3S3. The molecule has 1 N–H and O–H groups in total. The molecule has 1 amide bonds. The smallest absolute Gasteiger partial charge is 0.234 e. The summed E-state index contributed by atoms with van der Waals surface area (Å²) < 4.78 is 23.5. The zero-order valence-electron chi connectivity index (χ0n) is 14.8. The lowest BCUT2D eigenvalue weighted by molar-refractivity contribution is -0.123. The van der Waals surface area contributed by atoms with E-state index in [1.165, 1.54) is 9.75 Å². The SMILES string of the molecule is CC1(NC(=O)CN(CCc2cccs2)Cc2cccs2)CCS(=O)(=O)C1. The van der Waals surface area contributed by atoms with Gasteiger partial charge in [-0.3, -0.25) is 9.69 Å². The Morgan fingerprint density at radius 3 is 2.50 bits per heavy atom. The monoisotopic (exact) mass is 412 g/mol. The number of hydrogen-bond acceptors (Lipinski definition) is 6. The molecule has 0 bridgehead atoms. The van der Waals surface area contributed by atoms with Crippen LogP contribution in [0.2, 0.25) is 0 Å². The van der Waals surface area contributed by atoms with Gasteiger partial charge in [0, 0.05) is 22.8 Å². The number of rotatable bonds is 8. The van der Waals surface area contributed by atoms with E-state index >= 15 is 0 Å². The van der Waals surface area contributed by atoms with Crippen molar-refractivity contribution in [2.75, 3.05) is 24.6 Å². The fraction of sp³-hybridized carbons (Fsp3) is 0.500. The first kappa shape index (κ1) is 19.5. The van der Waals surface area contributed by atoms with Crippen LogP contribution in [-0.4, -0.2) is 49.4 Å². The van der Waals surface area contributed by atoms with E-state index in [2.05, 4.69) is 27.7 Å². The van der Waals surface area contributed by atoms with Crippen LogP contribution in [0.3, 0.4) is 0 Å². The second kappa shape index (κ2) is 8.21. The largest absolute Gasteiger partial charge is 0.349 e. The normalized spacial score (nSPS) is 21.9. The Labute approximate surface area is 163 Å². The van der Waals surface area contributed by atoms with Crippen molar-refractivity contribution in [3.63, 3.8) is 0 Å². The molecule has 5 nitrogen and oxygen atoms in total. The molecule has 1 atom stereocenters. The highest BCUT2D eigenvalue weighted by molar-refractivity contribution is 7.91. The third-order valence-corrected chi connectivity index (χ3v) is 8.23. The van der Waals surface area contributed by atoms with Gasteiger partial charge in [0.1, 0.15) is 0 Å². The fourth-order valence-electron chi connectivity index (χ4n) is 3.25. The number of sulfone groups is 1. The maximum atomic E-state index is 12.6. The van der Waals surface area contributed by atoms with Gasteiger partial charge >= 0.3 is 0 Å². The zero-order chi connectivity index (χ0) is 18.6. The molecule has 0 aliphatic carbocycles. The van der Waals surface area contributed by atoms with Gasteiger partial charge in [0.25, 0.3) is 0 Å². The van der Waals surface area contributed by atoms with Gasteiger partial charge < -0.3 is 5.32 Å². The number of nitrogens with one attached hydrogen (secondary N) is 1. The van der Waals surface area contributed by atoms with Gasteiger partial charge in [-0.15, -0.1) is 22.7 Å². The van der Waals surface area contributed by atoms with Crippen LogP contribution >= 0.6 is 22.7 Å². The second-order valence-electron chi connectivity index (χ2n) is 7.07. The van der Waals surface area contributed by atoms with Crippen LogP contribution in [0.25, 0.3) is 0 Å². The van der Waals surface area contributed by atoms with Crippen molar-refractivity contribution in [2.24, 2.45) is 0 Å². The minimum atomic E-state index is -3.03. The van der Waals surface area contributed by atoms with Crippen LogP contribution in [0.15, 0.2) is 35.0 Å². The van der Waals surface area contributed by atoms with Crippen molar-refractivity contribution in [3.8, 4) is 0 Å². The maximum Gasteiger partial charge on any atom is 0.234 e. The van der Waals surface area contributed by atoms with Crippen molar-refractivity contribution in [2.45, 2.75) is 31.8 Å². The van der Waals surface area contributed by atoms with Gasteiger partial charge in [-0.25, -0.2) is 8.42 Å². The van der Waals surface area contributed by atoms with Crippen LogP contribution < -0.4 is 5.32 Å². The van der Waals surface area contributed by atoms with Crippen molar-refractivity contribution < 1.29 is 13.2 Å². The van der Waals surface area contributed by atoms with Gasteiger partial charge in [0.15, 0.2) is 9.84 Å². The molecule has 2 aromatic rings. The molecule has 0 radical (unpaired) electrons. The highest BCUT2D eigenvalue weighted by Crippen LogP contribution is 2.23. The number of amides is 1. The number of nitrogens with zero attached hydrogens (tertiary/aromatic N) is 1. The van der Waals surface area contributed by atoms with Crippen molar-refractivity contribution >= 4 is 38.4 Å². The number of thiophene rings is 2. The number of carbonyl (C=O) groups is 1. The van der Waals surface area contributed by atoms with E-state index in [1.54, 1.807) is 22.7 Å². The van der Waals surface area contributed by atoms with E-state index in [1.807, 2.05) is 24.4 Å². The lowest BCUT2D eigenvalue weighted by Gasteiger charge is -2.27. The molecular weight excluding hydrogens is 388 g/mol. The molecule has 1 saturated heterocycles. The quantitative estimate of drug-likeness (QED) is 0.724. The van der Waals surface area contributed by atoms with E-state index in [4.69, 9.17) is 0 Å². The zero-order valence-corrected chi connectivity index (χ0v) is 17.3. The summed E-state index contributed by atoms with van der Waals surface area (Å²) in [6, 6.07) is 8.24. The molecule has 2 aromatic heterocycles. The first-order valence-corrected chi connectivity index (χ1v) is 12.2. The highest BCUT2D eigenvalue weighted by atomic mass is 32.2. The van der Waals surface area contributed by atoms with Crippen molar-refractivity contribution in [1.29, 1.82) is 0 Å². The average molecular weight is 413 g/mol. The van der Waals surface area contributed by atoms with E-state index in [9.17, 15) is 13.2 Å². The first-order chi connectivity index (χ1) is 12.3. The molecule has 3 rings (SSSR count). The van der Waals surface area contributed by atoms with Crippen molar-refractivity contribution in [3.05, 3.63) is 44.8 Å². The summed E-state index contributed by atoms with van der Waals surface area (Å²) in [5.41, 5.74) is -0.641. The van der Waals surface area contributed by atoms with Crippen LogP contribution in [0.1, 0.15) is 23.1 Å². The van der Waals surface area contributed by atoms with Crippen LogP contribution in [-0.2, 0) is 27.6 Å². The summed E-state index contributed by atoms with van der Waals surface area (Å²) in [5, 5.41) is 7.06. The molecule has 3 heterocycles. The van der Waals surface area contributed by atoms with Crippen molar-refractivity contribution in [1.82, 2.24) is 10.2 Å². The number of hydrogen-bond donors (Lipinski definition) is 1. The third kappa shape index (κ3) is 5.64. The molecule has 0 saturated carbocycles. The molecule has 0 aromatic carbocycles. The summed E-state index contributed by atoms with van der Waals surface area (Å²) >= 11 is 3.41. The first-order valence-electron chi connectivity index (χ1n) is 8.62. The Kier molecular flexibility index (Phi) is 6.17. The molecule has 1 unspecified atom stereocenters. The molecule has 0 spiro atoms. The van der Waals surface area contributed by atoms with Gasteiger partial charge in [-0.2, -0.15) is 0 Å². The Hall–Kier alpha value is -1.22. The Morgan fingerprint density at radius 1 is 1.23 bits per heavy atom. The predicted molar refractivity (Wildman–Crippen MR) is 107 cm³/mol. The molecule has 142 valence electrons. The minimum Gasteiger partial charge on any atom is -0.349 e. The molecule has 1 aliphatic heterocycles. The summed E-state index contributed by atoms with van der Waals surface area (Å²) in [4.78, 5) is 17.2. The molecule has 26 heavy (non-hydrogen) atoms. The summed E-state index contributed by atoms with van der Waals surface area (Å²) in [5.74, 6) is 0.0831. The van der Waals surface area contributed by atoms with E-state index in [0.29, 0.717) is 6.42 Å². The Balaban J connectivity index is 1.59. The number of carbonyl (C=O) groups excluding carboxylic acids is 1. The topological polar surface area (TPSA) is 66.5 Å². The standard InChI is InChI=1S/C18H24N2O3S3/c1-18(7-11-26(22,23)14-18)19-17(21)13-20(12-16-5-3-10-25-16)8-6-15-4-2-9-24-15/h2-5,9-10H,6-8,11-14H2,1H3,(H,19,21). The molecule has 1 aliphatic rings. The summed E-state index contributed by atoms with van der Waals surface area (Å²) in [6.07, 6.45) is 1.39. The van der Waals surface area contributed by atoms with Gasteiger partial charge in [-0.1, -0.05) is 12.1 Å². The highest BCUT2D eigenvalue weighted by Gasteiger charge is 2.39.